The molecule has 2 atom stereocenters. The van der Waals surface area contributed by atoms with Crippen LogP contribution in [-0.4, -0.2) is 93.1 Å². The molecule has 14 nitrogen and oxygen atoms in total. The number of aromatic nitrogens is 4. The second kappa shape index (κ2) is 13.9. The molecule has 2 aromatic carbocycles. The minimum atomic E-state index is -1.33. The highest BCUT2D eigenvalue weighted by atomic mass is 19.1. The topological polar surface area (TPSA) is 148 Å². The van der Waals surface area contributed by atoms with E-state index in [9.17, 15) is 19.5 Å². The van der Waals surface area contributed by atoms with Crippen molar-refractivity contribution in [2.45, 2.75) is 71.1 Å². The maximum atomic E-state index is 16.1. The van der Waals surface area contributed by atoms with Crippen LogP contribution in [0.3, 0.4) is 0 Å². The summed E-state index contributed by atoms with van der Waals surface area (Å²) in [6, 6.07) is 7.27. The van der Waals surface area contributed by atoms with Crippen LogP contribution in [0.15, 0.2) is 46.6 Å². The lowest BCUT2D eigenvalue weighted by atomic mass is 9.92. The maximum absolute atomic E-state index is 16.1. The first-order valence-corrected chi connectivity index (χ1v) is 18.4. The molecule has 1 amide bonds. The highest BCUT2D eigenvalue weighted by molar-refractivity contribution is 6.54. The van der Waals surface area contributed by atoms with E-state index in [2.05, 4.69) is 20.4 Å². The summed E-state index contributed by atoms with van der Waals surface area (Å²) in [6.07, 6.45) is 7.70. The number of pyridine rings is 1. The van der Waals surface area contributed by atoms with Crippen molar-refractivity contribution in [3.05, 3.63) is 75.1 Å². The molecule has 53 heavy (non-hydrogen) atoms. The summed E-state index contributed by atoms with van der Waals surface area (Å²) in [5, 5.41) is 22.7. The number of fused-ring (bicyclic) bond motifs is 3. The Morgan fingerprint density at radius 2 is 1.94 bits per heavy atom. The summed E-state index contributed by atoms with van der Waals surface area (Å²) < 4.78 is 25.6. The van der Waals surface area contributed by atoms with Gasteiger partial charge in [-0.15, -0.1) is 5.10 Å². The number of methoxy groups -OCH3 is 1. The van der Waals surface area contributed by atoms with Crippen molar-refractivity contribution in [2.24, 2.45) is 11.1 Å². The number of aryl methyl sites for hydroxylation is 2. The molecule has 0 spiro atoms. The zero-order valence-corrected chi connectivity index (χ0v) is 30.1. The van der Waals surface area contributed by atoms with Crippen LogP contribution in [0, 0.1) is 18.7 Å². The lowest BCUT2D eigenvalue weighted by Crippen LogP contribution is -2.44. The Hall–Kier alpha value is -5.31. The first-order chi connectivity index (χ1) is 25.7. The van der Waals surface area contributed by atoms with Crippen molar-refractivity contribution in [3.8, 4) is 5.75 Å². The first kappa shape index (κ1) is 34.8. The van der Waals surface area contributed by atoms with Gasteiger partial charge in [-0.3, -0.25) is 19.2 Å². The van der Waals surface area contributed by atoms with Crippen LogP contribution in [0.1, 0.15) is 72.2 Å². The molecule has 0 unspecified atom stereocenters. The van der Waals surface area contributed by atoms with E-state index in [0.29, 0.717) is 68.6 Å². The second-order valence-electron chi connectivity index (χ2n) is 14.5. The normalized spacial score (nSPS) is 20.8. The maximum Gasteiger partial charge on any atom is 0.341 e. The fourth-order valence-electron chi connectivity index (χ4n) is 8.36. The summed E-state index contributed by atoms with van der Waals surface area (Å²) in [6.45, 7) is 7.93. The Balaban J connectivity index is 0.963. The molecule has 5 heterocycles. The Bertz CT molecular complexity index is 2190. The Kier molecular flexibility index (Phi) is 9.13. The summed E-state index contributed by atoms with van der Waals surface area (Å²) in [4.78, 5) is 49.8. The van der Waals surface area contributed by atoms with Gasteiger partial charge in [0.15, 0.2) is 17.3 Å². The van der Waals surface area contributed by atoms with Gasteiger partial charge in [-0.1, -0.05) is 22.0 Å². The van der Waals surface area contributed by atoms with E-state index in [-0.39, 0.29) is 34.7 Å². The average molecular weight is 727 g/mol. The number of carboxylic acids is 1. The SMILES string of the molecule is CCO/N=C1/C(=O)N(CCCn2cc(CN3CCC[C@@H]4CN(c5c(F)cc6c(=O)c(C(=O)O)cn(C7CC7)c6c5OC)C[C@@H]43)nn2)c2ccc(C)cc21. The fourth-order valence-corrected chi connectivity index (χ4v) is 8.36. The summed E-state index contributed by atoms with van der Waals surface area (Å²) >= 11 is 0. The Morgan fingerprint density at radius 3 is 2.70 bits per heavy atom. The van der Waals surface area contributed by atoms with Crippen molar-refractivity contribution in [1.29, 1.82) is 0 Å². The molecular formula is C38H43FN8O6. The van der Waals surface area contributed by atoms with Gasteiger partial charge in [0.2, 0.25) is 5.43 Å². The van der Waals surface area contributed by atoms with Crippen LogP contribution in [-0.2, 0) is 22.7 Å². The quantitative estimate of drug-likeness (QED) is 0.209. The van der Waals surface area contributed by atoms with E-state index >= 15 is 4.39 Å². The predicted molar refractivity (Wildman–Crippen MR) is 195 cm³/mol. The van der Waals surface area contributed by atoms with Crippen LogP contribution in [0.4, 0.5) is 15.8 Å². The molecule has 0 radical (unpaired) electrons. The molecule has 15 heteroatoms. The zero-order valence-electron chi connectivity index (χ0n) is 30.1. The number of benzene rings is 2. The third-order valence-corrected chi connectivity index (χ3v) is 10.9. The van der Waals surface area contributed by atoms with Crippen LogP contribution in [0.25, 0.3) is 10.9 Å². The molecular weight excluding hydrogens is 683 g/mol. The molecule has 2 aromatic heterocycles. The molecule has 0 bridgehead atoms. The molecule has 4 aromatic rings. The number of halogens is 1. The van der Waals surface area contributed by atoms with Crippen molar-refractivity contribution in [2.75, 3.05) is 49.7 Å². The molecule has 1 saturated carbocycles. The molecule has 1 aliphatic carbocycles. The summed E-state index contributed by atoms with van der Waals surface area (Å²) in [5.41, 5.74) is 3.48. The Labute approximate surface area is 305 Å². The molecule has 2 saturated heterocycles. The van der Waals surface area contributed by atoms with Crippen molar-refractivity contribution < 1.29 is 28.7 Å². The van der Waals surface area contributed by atoms with Gasteiger partial charge in [0, 0.05) is 62.8 Å². The number of likely N-dealkylation sites (tertiary alicyclic amines) is 1. The van der Waals surface area contributed by atoms with E-state index in [1.54, 1.807) is 9.47 Å². The number of anilines is 2. The van der Waals surface area contributed by atoms with Crippen LogP contribution in [0.5, 0.6) is 5.75 Å². The first-order valence-electron chi connectivity index (χ1n) is 18.4. The van der Waals surface area contributed by atoms with E-state index < -0.39 is 17.2 Å². The minimum Gasteiger partial charge on any atom is -0.492 e. The van der Waals surface area contributed by atoms with Crippen LogP contribution in [0.2, 0.25) is 0 Å². The number of nitrogens with zero attached hydrogens (tertiary/aromatic N) is 8. The number of carbonyl (C=O) groups is 2. The number of oxime groups is 1. The number of amides is 1. The molecule has 3 aliphatic heterocycles. The molecule has 3 fully saturated rings. The zero-order chi connectivity index (χ0) is 37.0. The molecule has 278 valence electrons. The average Bonchev–Trinajstić information content (AvgIpc) is 3.64. The van der Waals surface area contributed by atoms with Gasteiger partial charge >= 0.3 is 5.97 Å². The van der Waals surface area contributed by atoms with Gasteiger partial charge in [-0.25, -0.2) is 9.18 Å². The van der Waals surface area contributed by atoms with Gasteiger partial charge in [-0.05, 0) is 76.6 Å². The number of hydrogen-bond acceptors (Lipinski definition) is 10. The van der Waals surface area contributed by atoms with Gasteiger partial charge < -0.3 is 29.0 Å². The molecule has 8 rings (SSSR count). The number of piperidine rings is 1. The third kappa shape index (κ3) is 6.30. The van der Waals surface area contributed by atoms with Crippen LogP contribution >= 0.6 is 0 Å². The van der Waals surface area contributed by atoms with E-state index in [1.807, 2.05) is 47.8 Å². The van der Waals surface area contributed by atoms with E-state index in [4.69, 9.17) is 9.57 Å². The summed E-state index contributed by atoms with van der Waals surface area (Å²) in [7, 11) is 1.47. The Morgan fingerprint density at radius 1 is 1.11 bits per heavy atom. The second-order valence-corrected chi connectivity index (χ2v) is 14.5. The van der Waals surface area contributed by atoms with E-state index in [1.165, 1.54) is 19.4 Å². The van der Waals surface area contributed by atoms with Crippen molar-refractivity contribution in [1.82, 2.24) is 24.5 Å². The lowest BCUT2D eigenvalue weighted by molar-refractivity contribution is -0.112. The third-order valence-electron chi connectivity index (χ3n) is 10.9. The van der Waals surface area contributed by atoms with Gasteiger partial charge in [0.05, 0.1) is 29.4 Å². The monoisotopic (exact) mass is 726 g/mol. The van der Waals surface area contributed by atoms with Gasteiger partial charge in [0.1, 0.15) is 17.9 Å². The number of carboxylic acid groups (broad SMARTS) is 1. The highest BCUT2D eigenvalue weighted by Gasteiger charge is 2.42. The standard InChI is InChI=1S/C38H43FN8O6/c1-4-53-41-32-26-15-22(2)8-11-30(26)46(37(32)49)14-6-13-45-19-24(40-42-45)18-43-12-5-7-23-17-44(21-31(23)43)34-29(39)16-27-33(36(34)52-3)47(25-9-10-25)20-28(35(27)48)38(50)51/h8,11,15-16,19-20,23,25,31H,4-7,9-10,12-14,17-18,21H2,1-3H3,(H,50,51)/b41-32+/t23-,31+/m1/s1. The lowest BCUT2D eigenvalue weighted by Gasteiger charge is -2.36. The minimum absolute atomic E-state index is 0.0170. The number of aromatic carboxylic acids is 1. The van der Waals surface area contributed by atoms with Crippen molar-refractivity contribution >= 4 is 39.9 Å². The predicted octanol–water partition coefficient (Wildman–Crippen LogP) is 4.36. The molecule has 1 N–H and O–H groups in total. The van der Waals surface area contributed by atoms with Crippen molar-refractivity contribution in [3.63, 3.8) is 0 Å². The van der Waals surface area contributed by atoms with Gasteiger partial charge in [-0.2, -0.15) is 0 Å². The van der Waals surface area contributed by atoms with E-state index in [0.717, 1.165) is 54.7 Å². The largest absolute Gasteiger partial charge is 0.492 e. The summed E-state index contributed by atoms with van der Waals surface area (Å²) in [5.74, 6) is -1.55. The fraction of sp³-hybridized carbons (Fsp3) is 0.474. The molecule has 4 aliphatic rings. The van der Waals surface area contributed by atoms with Gasteiger partial charge in [0.25, 0.3) is 5.91 Å². The number of hydrogen-bond donors (Lipinski definition) is 1. The number of carbonyl (C=O) groups excluding carboxylic acids is 1. The van der Waals surface area contributed by atoms with Crippen LogP contribution < -0.4 is 20.0 Å². The highest BCUT2D eigenvalue weighted by Crippen LogP contribution is 2.45. The number of rotatable bonds is 12. The smallest absolute Gasteiger partial charge is 0.341 e. The number of ether oxygens (including phenoxy) is 1.